The fourth-order valence-electron chi connectivity index (χ4n) is 2.33. The standard InChI is InChI=1S/C19H24O3/c20-14-4-2-1-3-5-15-22-19-12-8-17(9-13-19)16-6-10-18(21)11-7-16/h6-13,20-21H,1-5,14-15H2. The molecule has 2 N–H and O–H groups in total. The molecule has 0 aliphatic carbocycles. The lowest BCUT2D eigenvalue weighted by atomic mass is 10.1. The zero-order valence-corrected chi connectivity index (χ0v) is 12.9. The number of hydrogen-bond acceptors (Lipinski definition) is 3. The second kappa shape index (κ2) is 9.11. The van der Waals surface area contributed by atoms with E-state index in [1.807, 2.05) is 36.4 Å². The van der Waals surface area contributed by atoms with Crippen LogP contribution in [-0.2, 0) is 0 Å². The molecule has 0 radical (unpaired) electrons. The van der Waals surface area contributed by atoms with E-state index >= 15 is 0 Å². The van der Waals surface area contributed by atoms with Gasteiger partial charge in [0.25, 0.3) is 0 Å². The summed E-state index contributed by atoms with van der Waals surface area (Å²) < 4.78 is 5.73. The number of hydrogen-bond donors (Lipinski definition) is 2. The number of rotatable bonds is 9. The molecule has 0 saturated carbocycles. The number of aliphatic hydroxyl groups is 1. The molecule has 0 atom stereocenters. The number of benzene rings is 2. The maximum Gasteiger partial charge on any atom is 0.119 e. The first-order chi connectivity index (χ1) is 10.8. The highest BCUT2D eigenvalue weighted by Crippen LogP contribution is 2.24. The molecule has 0 amide bonds. The summed E-state index contributed by atoms with van der Waals surface area (Å²) in [5.74, 6) is 1.17. The Balaban J connectivity index is 1.74. The molecule has 0 heterocycles. The molecule has 0 bridgehead atoms. The van der Waals surface area contributed by atoms with Crippen LogP contribution in [0.4, 0.5) is 0 Å². The Morgan fingerprint density at radius 2 is 1.23 bits per heavy atom. The lowest BCUT2D eigenvalue weighted by Gasteiger charge is -2.07. The molecule has 0 fully saturated rings. The van der Waals surface area contributed by atoms with Gasteiger partial charge in [-0.15, -0.1) is 0 Å². The summed E-state index contributed by atoms with van der Waals surface area (Å²) in [7, 11) is 0. The Bertz CT molecular complexity index is 532. The summed E-state index contributed by atoms with van der Waals surface area (Å²) in [6.07, 6.45) is 5.35. The van der Waals surface area contributed by atoms with Gasteiger partial charge in [0, 0.05) is 6.61 Å². The van der Waals surface area contributed by atoms with Crippen LogP contribution in [0.2, 0.25) is 0 Å². The first-order valence-electron chi connectivity index (χ1n) is 7.93. The third kappa shape index (κ3) is 5.41. The van der Waals surface area contributed by atoms with Gasteiger partial charge in [-0.05, 0) is 48.2 Å². The zero-order chi connectivity index (χ0) is 15.6. The van der Waals surface area contributed by atoms with Gasteiger partial charge < -0.3 is 14.9 Å². The van der Waals surface area contributed by atoms with E-state index in [9.17, 15) is 5.11 Å². The Hall–Kier alpha value is -2.00. The molecule has 118 valence electrons. The molecule has 0 aliphatic rings. The van der Waals surface area contributed by atoms with E-state index in [1.54, 1.807) is 12.1 Å². The van der Waals surface area contributed by atoms with Gasteiger partial charge >= 0.3 is 0 Å². The maximum atomic E-state index is 9.30. The average Bonchev–Trinajstić information content (AvgIpc) is 2.55. The summed E-state index contributed by atoms with van der Waals surface area (Å²) in [6, 6.07) is 15.2. The van der Waals surface area contributed by atoms with Crippen molar-refractivity contribution < 1.29 is 14.9 Å². The molecule has 3 heteroatoms. The average molecular weight is 300 g/mol. The van der Waals surface area contributed by atoms with Crippen LogP contribution in [0.15, 0.2) is 48.5 Å². The molecular formula is C19H24O3. The molecule has 0 aromatic heterocycles. The molecular weight excluding hydrogens is 276 g/mol. The molecule has 0 unspecified atom stereocenters. The van der Waals surface area contributed by atoms with E-state index in [0.717, 1.165) is 55.6 Å². The van der Waals surface area contributed by atoms with Crippen molar-refractivity contribution in [3.05, 3.63) is 48.5 Å². The maximum absolute atomic E-state index is 9.30. The first-order valence-corrected chi connectivity index (χ1v) is 7.93. The molecule has 2 rings (SSSR count). The Kier molecular flexibility index (Phi) is 6.78. The van der Waals surface area contributed by atoms with E-state index in [4.69, 9.17) is 9.84 Å². The summed E-state index contributed by atoms with van der Waals surface area (Å²) in [6.45, 7) is 1.03. The molecule has 2 aromatic rings. The highest BCUT2D eigenvalue weighted by atomic mass is 16.5. The summed E-state index contributed by atoms with van der Waals surface area (Å²) in [4.78, 5) is 0. The lowest BCUT2D eigenvalue weighted by Crippen LogP contribution is -1.97. The zero-order valence-electron chi connectivity index (χ0n) is 12.9. The van der Waals surface area contributed by atoms with Crippen LogP contribution in [0, 0.1) is 0 Å². The second-order valence-corrected chi connectivity index (χ2v) is 5.41. The number of aromatic hydroxyl groups is 1. The van der Waals surface area contributed by atoms with Gasteiger partial charge in [-0.1, -0.05) is 43.5 Å². The summed E-state index contributed by atoms with van der Waals surface area (Å²) in [5.41, 5.74) is 2.18. The van der Waals surface area contributed by atoms with Gasteiger partial charge in [-0.25, -0.2) is 0 Å². The van der Waals surface area contributed by atoms with Crippen LogP contribution in [0.5, 0.6) is 11.5 Å². The van der Waals surface area contributed by atoms with Gasteiger partial charge in [-0.2, -0.15) is 0 Å². The molecule has 0 aliphatic heterocycles. The van der Waals surface area contributed by atoms with Crippen LogP contribution in [-0.4, -0.2) is 23.4 Å². The van der Waals surface area contributed by atoms with Gasteiger partial charge in [0.05, 0.1) is 6.61 Å². The van der Waals surface area contributed by atoms with Crippen molar-refractivity contribution >= 4 is 0 Å². The quantitative estimate of drug-likeness (QED) is 0.676. The van der Waals surface area contributed by atoms with Crippen molar-refractivity contribution in [3.63, 3.8) is 0 Å². The van der Waals surface area contributed by atoms with Crippen molar-refractivity contribution in [1.82, 2.24) is 0 Å². The number of unbranched alkanes of at least 4 members (excludes halogenated alkanes) is 4. The number of phenols is 1. The molecule has 0 saturated heterocycles. The van der Waals surface area contributed by atoms with Crippen LogP contribution < -0.4 is 4.74 Å². The largest absolute Gasteiger partial charge is 0.508 e. The minimum absolute atomic E-state index is 0.280. The van der Waals surface area contributed by atoms with E-state index in [2.05, 4.69) is 0 Å². The topological polar surface area (TPSA) is 49.7 Å². The number of aliphatic hydroxyl groups excluding tert-OH is 1. The summed E-state index contributed by atoms with van der Waals surface area (Å²) >= 11 is 0. The number of phenolic OH excluding ortho intramolecular Hbond substituents is 1. The van der Waals surface area contributed by atoms with Gasteiger partial charge in [-0.3, -0.25) is 0 Å². The third-order valence-corrected chi connectivity index (χ3v) is 3.63. The predicted octanol–water partition coefficient (Wildman–Crippen LogP) is 4.38. The SMILES string of the molecule is OCCCCCCCOc1ccc(-c2ccc(O)cc2)cc1. The van der Waals surface area contributed by atoms with Crippen molar-refractivity contribution in [3.8, 4) is 22.6 Å². The fraction of sp³-hybridized carbons (Fsp3) is 0.368. The predicted molar refractivity (Wildman–Crippen MR) is 89.2 cm³/mol. The highest BCUT2D eigenvalue weighted by molar-refractivity contribution is 5.64. The second-order valence-electron chi connectivity index (χ2n) is 5.41. The Labute approximate surface area is 132 Å². The highest BCUT2D eigenvalue weighted by Gasteiger charge is 1.99. The van der Waals surface area contributed by atoms with Crippen molar-refractivity contribution in [2.45, 2.75) is 32.1 Å². The van der Waals surface area contributed by atoms with Crippen LogP contribution in [0.25, 0.3) is 11.1 Å². The number of ether oxygens (including phenoxy) is 1. The molecule has 22 heavy (non-hydrogen) atoms. The van der Waals surface area contributed by atoms with Crippen molar-refractivity contribution in [2.75, 3.05) is 13.2 Å². The van der Waals surface area contributed by atoms with Gasteiger partial charge in [0.1, 0.15) is 11.5 Å². The Morgan fingerprint density at radius 1 is 0.682 bits per heavy atom. The fourth-order valence-corrected chi connectivity index (χ4v) is 2.33. The van der Waals surface area contributed by atoms with Crippen molar-refractivity contribution in [2.24, 2.45) is 0 Å². The van der Waals surface area contributed by atoms with Crippen LogP contribution in [0.1, 0.15) is 32.1 Å². The Morgan fingerprint density at radius 3 is 1.86 bits per heavy atom. The van der Waals surface area contributed by atoms with Crippen LogP contribution >= 0.6 is 0 Å². The lowest BCUT2D eigenvalue weighted by molar-refractivity contribution is 0.278. The molecule has 3 nitrogen and oxygen atoms in total. The molecule has 2 aromatic carbocycles. The van der Waals surface area contributed by atoms with Gasteiger partial charge in [0.15, 0.2) is 0 Å². The van der Waals surface area contributed by atoms with Crippen LogP contribution in [0.3, 0.4) is 0 Å². The van der Waals surface area contributed by atoms with E-state index in [0.29, 0.717) is 6.61 Å². The first kappa shape index (κ1) is 16.4. The van der Waals surface area contributed by atoms with Crippen molar-refractivity contribution in [1.29, 1.82) is 0 Å². The normalized spacial score (nSPS) is 10.6. The van der Waals surface area contributed by atoms with Gasteiger partial charge in [0.2, 0.25) is 0 Å². The van der Waals surface area contributed by atoms with E-state index in [-0.39, 0.29) is 5.75 Å². The summed E-state index contributed by atoms with van der Waals surface area (Å²) in [5, 5.41) is 18.0. The molecule has 0 spiro atoms. The van der Waals surface area contributed by atoms with E-state index < -0.39 is 0 Å². The smallest absolute Gasteiger partial charge is 0.119 e. The third-order valence-electron chi connectivity index (χ3n) is 3.63. The minimum atomic E-state index is 0.280. The minimum Gasteiger partial charge on any atom is -0.508 e. The van der Waals surface area contributed by atoms with E-state index in [1.165, 1.54) is 0 Å². The monoisotopic (exact) mass is 300 g/mol.